The van der Waals surface area contributed by atoms with Gasteiger partial charge in [0.2, 0.25) is 11.8 Å². The molecule has 1 unspecified atom stereocenters. The summed E-state index contributed by atoms with van der Waals surface area (Å²) in [5.41, 5.74) is 4.76. The first-order valence-corrected chi connectivity index (χ1v) is 17.1. The normalized spacial score (nSPS) is 23.5. The topological polar surface area (TPSA) is 102 Å². The highest BCUT2D eigenvalue weighted by Crippen LogP contribution is 2.44. The van der Waals surface area contributed by atoms with E-state index in [0.29, 0.717) is 42.7 Å². The van der Waals surface area contributed by atoms with Crippen molar-refractivity contribution in [3.05, 3.63) is 65.2 Å². The van der Waals surface area contributed by atoms with Crippen LogP contribution in [0.2, 0.25) is 0 Å². The standard InChI is InChI=1S/C34H46N4O4S/c1-22(2)18-27-21-42-31-20-30(32-23(3)8-6-9-24(32)4)36-34(37-31)38-43(39,40)29-11-7-10-26(19-29)33(27)25-12-14-28(15-13-25)35-16-17-41-5/h6-11,19-20,22,25,27-28,33,35H,12-18,21H2,1-5H3,(H,36,37,38)/t25?,27-,28?,33?/m1/s1. The second-order valence-corrected chi connectivity index (χ2v) is 14.3. The van der Waals surface area contributed by atoms with Gasteiger partial charge in [-0.25, -0.2) is 18.1 Å². The lowest BCUT2D eigenvalue weighted by Gasteiger charge is -2.39. The number of methoxy groups -OCH3 is 1. The van der Waals surface area contributed by atoms with Crippen LogP contribution in [-0.4, -0.2) is 51.3 Å². The van der Waals surface area contributed by atoms with E-state index in [2.05, 4.69) is 39.9 Å². The number of nitrogens with one attached hydrogen (secondary N) is 2. The Bertz CT molecular complexity index is 1480. The molecule has 2 atom stereocenters. The van der Waals surface area contributed by atoms with Gasteiger partial charge in [0, 0.05) is 37.2 Å². The van der Waals surface area contributed by atoms with Crippen LogP contribution >= 0.6 is 0 Å². The first kappa shape index (κ1) is 31.4. The fraction of sp³-hybridized carbons (Fsp3) is 0.529. The molecule has 0 amide bonds. The molecule has 2 heterocycles. The van der Waals surface area contributed by atoms with E-state index < -0.39 is 10.0 Å². The lowest BCUT2D eigenvalue weighted by molar-refractivity contribution is 0.140. The van der Waals surface area contributed by atoms with Gasteiger partial charge in [-0.2, -0.15) is 4.98 Å². The molecule has 3 aromatic rings. The summed E-state index contributed by atoms with van der Waals surface area (Å²) < 4.78 is 41.9. The van der Waals surface area contributed by atoms with Crippen LogP contribution < -0.4 is 14.8 Å². The molecule has 0 spiro atoms. The van der Waals surface area contributed by atoms with Crippen LogP contribution in [0.5, 0.6) is 5.88 Å². The lowest BCUT2D eigenvalue weighted by Crippen LogP contribution is -2.38. The number of ether oxygens (including phenoxy) is 2. The Morgan fingerprint density at radius 2 is 1.74 bits per heavy atom. The Morgan fingerprint density at radius 3 is 2.44 bits per heavy atom. The third kappa shape index (κ3) is 7.56. The number of rotatable bonds is 8. The number of benzene rings is 2. The minimum absolute atomic E-state index is 0.0115. The molecule has 232 valence electrons. The summed E-state index contributed by atoms with van der Waals surface area (Å²) in [5, 5.41) is 3.64. The number of sulfonamides is 1. The molecule has 1 aromatic heterocycles. The lowest BCUT2D eigenvalue weighted by atomic mass is 9.68. The van der Waals surface area contributed by atoms with Crippen molar-refractivity contribution in [2.75, 3.05) is 31.6 Å². The van der Waals surface area contributed by atoms with E-state index in [4.69, 9.17) is 9.47 Å². The molecule has 5 rings (SSSR count). The van der Waals surface area contributed by atoms with Crippen LogP contribution in [-0.2, 0) is 14.8 Å². The quantitative estimate of drug-likeness (QED) is 0.283. The van der Waals surface area contributed by atoms with Gasteiger partial charge in [0.1, 0.15) is 0 Å². The van der Waals surface area contributed by atoms with Crippen LogP contribution in [0.3, 0.4) is 0 Å². The Balaban J connectivity index is 1.54. The third-order valence-electron chi connectivity index (χ3n) is 8.97. The average molecular weight is 607 g/mol. The van der Waals surface area contributed by atoms with Gasteiger partial charge in [-0.05, 0) is 92.5 Å². The van der Waals surface area contributed by atoms with Crippen molar-refractivity contribution < 1.29 is 17.9 Å². The predicted octanol–water partition coefficient (Wildman–Crippen LogP) is 6.49. The van der Waals surface area contributed by atoms with E-state index in [9.17, 15) is 8.42 Å². The Morgan fingerprint density at radius 1 is 1.02 bits per heavy atom. The molecule has 4 bridgehead atoms. The monoisotopic (exact) mass is 606 g/mol. The molecular formula is C34H46N4O4S. The number of anilines is 1. The molecule has 2 N–H and O–H groups in total. The summed E-state index contributed by atoms with van der Waals surface area (Å²) >= 11 is 0. The van der Waals surface area contributed by atoms with Gasteiger partial charge in [0.05, 0.1) is 23.8 Å². The van der Waals surface area contributed by atoms with Gasteiger partial charge in [-0.1, -0.05) is 44.2 Å². The van der Waals surface area contributed by atoms with E-state index in [-0.39, 0.29) is 22.7 Å². The molecular weight excluding hydrogens is 560 g/mol. The first-order valence-electron chi connectivity index (χ1n) is 15.6. The average Bonchev–Trinajstić information content (AvgIpc) is 2.96. The summed E-state index contributed by atoms with van der Waals surface area (Å²) in [7, 11) is -2.20. The highest BCUT2D eigenvalue weighted by molar-refractivity contribution is 7.92. The van der Waals surface area contributed by atoms with Gasteiger partial charge in [-0.3, -0.25) is 0 Å². The second-order valence-electron chi connectivity index (χ2n) is 12.6. The van der Waals surface area contributed by atoms with E-state index in [1.165, 1.54) is 0 Å². The molecule has 2 aromatic carbocycles. The summed E-state index contributed by atoms with van der Waals surface area (Å²) in [6.07, 6.45) is 5.30. The number of hydrogen-bond acceptors (Lipinski definition) is 7. The smallest absolute Gasteiger partial charge is 0.264 e. The van der Waals surface area contributed by atoms with Crippen molar-refractivity contribution in [2.24, 2.45) is 17.8 Å². The van der Waals surface area contributed by atoms with Crippen LogP contribution in [0.25, 0.3) is 11.3 Å². The van der Waals surface area contributed by atoms with Crippen LogP contribution in [0, 0.1) is 31.6 Å². The Kier molecular flexibility index (Phi) is 10.0. The highest BCUT2D eigenvalue weighted by atomic mass is 32.2. The fourth-order valence-corrected chi connectivity index (χ4v) is 8.05. The molecule has 1 aliphatic carbocycles. The summed E-state index contributed by atoms with van der Waals surface area (Å²) in [5.74, 6) is 1.63. The highest BCUT2D eigenvalue weighted by Gasteiger charge is 2.36. The summed E-state index contributed by atoms with van der Waals surface area (Å²) in [4.78, 5) is 9.43. The van der Waals surface area contributed by atoms with Crippen molar-refractivity contribution in [1.82, 2.24) is 15.3 Å². The zero-order valence-corrected chi connectivity index (χ0v) is 26.9. The number of fused-ring (bicyclic) bond motifs is 4. The predicted molar refractivity (Wildman–Crippen MR) is 171 cm³/mol. The van der Waals surface area contributed by atoms with Gasteiger partial charge >= 0.3 is 0 Å². The molecule has 9 heteroatoms. The number of aryl methyl sites for hydroxylation is 2. The van der Waals surface area contributed by atoms with Crippen molar-refractivity contribution >= 4 is 16.0 Å². The Hall–Kier alpha value is -3.01. The van der Waals surface area contributed by atoms with Crippen LogP contribution in [0.4, 0.5) is 5.95 Å². The maximum atomic E-state index is 13.7. The maximum absolute atomic E-state index is 13.7. The molecule has 1 fully saturated rings. The van der Waals surface area contributed by atoms with Crippen molar-refractivity contribution in [3.63, 3.8) is 0 Å². The third-order valence-corrected chi connectivity index (χ3v) is 10.3. The zero-order chi connectivity index (χ0) is 30.6. The summed E-state index contributed by atoms with van der Waals surface area (Å²) in [6.45, 7) is 10.6. The van der Waals surface area contributed by atoms with Crippen molar-refractivity contribution in [2.45, 2.75) is 76.7 Å². The molecule has 43 heavy (non-hydrogen) atoms. The van der Waals surface area contributed by atoms with Gasteiger partial charge in [0.25, 0.3) is 10.0 Å². The van der Waals surface area contributed by atoms with E-state index >= 15 is 0 Å². The van der Waals surface area contributed by atoms with Crippen LogP contribution in [0.1, 0.15) is 68.6 Å². The molecule has 1 saturated carbocycles. The summed E-state index contributed by atoms with van der Waals surface area (Å²) in [6, 6.07) is 15.9. The zero-order valence-electron chi connectivity index (χ0n) is 26.1. The maximum Gasteiger partial charge on any atom is 0.264 e. The minimum Gasteiger partial charge on any atom is -0.477 e. The van der Waals surface area contributed by atoms with E-state index in [1.807, 2.05) is 50.2 Å². The molecule has 8 nitrogen and oxygen atoms in total. The van der Waals surface area contributed by atoms with Gasteiger partial charge in [0.15, 0.2) is 0 Å². The van der Waals surface area contributed by atoms with Gasteiger partial charge < -0.3 is 14.8 Å². The van der Waals surface area contributed by atoms with Crippen molar-refractivity contribution in [1.29, 1.82) is 0 Å². The molecule has 1 aliphatic heterocycles. The second kappa shape index (κ2) is 13.7. The van der Waals surface area contributed by atoms with Crippen LogP contribution in [0.15, 0.2) is 53.4 Å². The minimum atomic E-state index is -3.93. The largest absolute Gasteiger partial charge is 0.477 e. The van der Waals surface area contributed by atoms with Crippen molar-refractivity contribution in [3.8, 4) is 17.1 Å². The van der Waals surface area contributed by atoms with E-state index in [0.717, 1.165) is 60.9 Å². The SMILES string of the molecule is COCCNC1CCC(C2c3cccc(c3)S(=O)(=O)Nc3nc(cc(-c4c(C)cccc4C)n3)OC[C@H]2CC(C)C)CC1. The number of nitrogens with zero attached hydrogens (tertiary/aromatic N) is 2. The Labute approximate surface area is 257 Å². The van der Waals surface area contributed by atoms with Gasteiger partial charge in [-0.15, -0.1) is 0 Å². The molecule has 2 aliphatic rings. The molecule has 0 radical (unpaired) electrons. The first-order chi connectivity index (χ1) is 20.6. The number of hydrogen-bond donors (Lipinski definition) is 2. The number of aromatic nitrogens is 2. The molecule has 0 saturated heterocycles. The van der Waals surface area contributed by atoms with E-state index in [1.54, 1.807) is 13.2 Å². The fourth-order valence-electron chi connectivity index (χ4n) is 7.05.